The smallest absolute Gasteiger partial charge is 0.317 e. The molecule has 1 aliphatic rings. The maximum Gasteiger partial charge on any atom is 0.317 e. The Labute approximate surface area is 111 Å². The summed E-state index contributed by atoms with van der Waals surface area (Å²) in [4.78, 5) is 31.5. The maximum atomic E-state index is 11.9. The van der Waals surface area contributed by atoms with Gasteiger partial charge in [-0.1, -0.05) is 0 Å². The van der Waals surface area contributed by atoms with Crippen molar-refractivity contribution in [3.63, 3.8) is 0 Å². The van der Waals surface area contributed by atoms with Gasteiger partial charge in [0, 0.05) is 37.9 Å². The Morgan fingerprint density at radius 3 is 3.00 bits per heavy atom. The van der Waals surface area contributed by atoms with Crippen LogP contribution in [0.4, 0.5) is 4.79 Å². The third-order valence-electron chi connectivity index (χ3n) is 3.53. The number of likely N-dealkylation sites (tertiary alicyclic amines) is 1. The third kappa shape index (κ3) is 3.04. The van der Waals surface area contributed by atoms with E-state index in [0.717, 1.165) is 5.82 Å². The van der Waals surface area contributed by atoms with Crippen molar-refractivity contribution in [1.29, 1.82) is 0 Å². The average molecular weight is 266 g/mol. The number of carbonyl (C=O) groups excluding carboxylic acids is 1. The molecule has 2 atom stereocenters. The van der Waals surface area contributed by atoms with Crippen LogP contribution in [0, 0.1) is 5.92 Å². The van der Waals surface area contributed by atoms with Crippen LogP contribution in [-0.2, 0) is 11.2 Å². The second-order valence-corrected chi connectivity index (χ2v) is 4.69. The van der Waals surface area contributed by atoms with E-state index in [4.69, 9.17) is 5.11 Å². The largest absolute Gasteiger partial charge is 0.481 e. The first-order valence-electron chi connectivity index (χ1n) is 6.35. The number of H-pyrrole nitrogens is 1. The number of carbonyl (C=O) groups is 2. The molecule has 1 saturated heterocycles. The highest BCUT2D eigenvalue weighted by molar-refractivity contribution is 5.78. The van der Waals surface area contributed by atoms with E-state index in [2.05, 4.69) is 15.3 Å². The molecule has 19 heavy (non-hydrogen) atoms. The summed E-state index contributed by atoms with van der Waals surface area (Å²) in [6.07, 6.45) is 4.54. The zero-order valence-corrected chi connectivity index (χ0v) is 10.8. The molecule has 3 N–H and O–H groups in total. The monoisotopic (exact) mass is 266 g/mol. The quantitative estimate of drug-likeness (QED) is 0.737. The van der Waals surface area contributed by atoms with E-state index >= 15 is 0 Å². The van der Waals surface area contributed by atoms with Gasteiger partial charge in [-0.15, -0.1) is 0 Å². The predicted octanol–water partition coefficient (Wildman–Crippen LogP) is 0.457. The highest BCUT2D eigenvalue weighted by atomic mass is 16.4. The lowest BCUT2D eigenvalue weighted by atomic mass is 10.0. The summed E-state index contributed by atoms with van der Waals surface area (Å²) in [5.41, 5.74) is 0. The second-order valence-electron chi connectivity index (χ2n) is 4.69. The molecule has 0 aliphatic carbocycles. The Hall–Kier alpha value is -2.05. The van der Waals surface area contributed by atoms with Crippen molar-refractivity contribution in [2.45, 2.75) is 25.8 Å². The number of amides is 2. The minimum Gasteiger partial charge on any atom is -0.481 e. The number of urea groups is 1. The summed E-state index contributed by atoms with van der Waals surface area (Å²) in [6, 6.07) is -0.469. The standard InChI is InChI=1S/C12H18N4O3/c1-8-9(11(17)18)3-7-16(8)12(19)15-4-2-10-13-5-6-14-10/h5-6,8-9H,2-4,7H2,1H3,(H,13,14)(H,15,19)(H,17,18). The lowest BCUT2D eigenvalue weighted by Crippen LogP contribution is -2.44. The number of nitrogens with one attached hydrogen (secondary N) is 2. The molecule has 0 saturated carbocycles. The van der Waals surface area contributed by atoms with E-state index in [1.165, 1.54) is 0 Å². The first-order chi connectivity index (χ1) is 9.09. The Balaban J connectivity index is 1.79. The zero-order chi connectivity index (χ0) is 13.8. The number of nitrogens with zero attached hydrogens (tertiary/aromatic N) is 2. The summed E-state index contributed by atoms with van der Waals surface area (Å²) in [5, 5.41) is 11.8. The lowest BCUT2D eigenvalue weighted by molar-refractivity contribution is -0.142. The van der Waals surface area contributed by atoms with Crippen molar-refractivity contribution in [3.05, 3.63) is 18.2 Å². The van der Waals surface area contributed by atoms with E-state index in [-0.39, 0.29) is 12.1 Å². The normalized spacial score (nSPS) is 22.5. The van der Waals surface area contributed by atoms with Crippen LogP contribution in [0.15, 0.2) is 12.4 Å². The van der Waals surface area contributed by atoms with E-state index in [1.807, 2.05) is 0 Å². The van der Waals surface area contributed by atoms with Gasteiger partial charge in [-0.05, 0) is 13.3 Å². The van der Waals surface area contributed by atoms with Crippen molar-refractivity contribution in [3.8, 4) is 0 Å². The van der Waals surface area contributed by atoms with Crippen LogP contribution < -0.4 is 5.32 Å². The third-order valence-corrected chi connectivity index (χ3v) is 3.53. The van der Waals surface area contributed by atoms with E-state index in [1.54, 1.807) is 24.2 Å². The van der Waals surface area contributed by atoms with Crippen molar-refractivity contribution < 1.29 is 14.7 Å². The van der Waals surface area contributed by atoms with E-state index in [9.17, 15) is 9.59 Å². The molecule has 2 amide bonds. The highest BCUT2D eigenvalue weighted by Crippen LogP contribution is 2.24. The topological polar surface area (TPSA) is 98.3 Å². The number of aromatic nitrogens is 2. The molecule has 2 rings (SSSR count). The second kappa shape index (κ2) is 5.73. The lowest BCUT2D eigenvalue weighted by Gasteiger charge is -2.23. The van der Waals surface area contributed by atoms with Gasteiger partial charge >= 0.3 is 12.0 Å². The molecule has 1 fully saturated rings. The van der Waals surface area contributed by atoms with E-state index < -0.39 is 11.9 Å². The van der Waals surface area contributed by atoms with Crippen LogP contribution >= 0.6 is 0 Å². The van der Waals surface area contributed by atoms with Crippen LogP contribution in [0.2, 0.25) is 0 Å². The minimum absolute atomic E-state index is 0.206. The Bertz CT molecular complexity index is 446. The van der Waals surface area contributed by atoms with Crippen LogP contribution in [0.5, 0.6) is 0 Å². The SMILES string of the molecule is CC1C(C(=O)O)CCN1C(=O)NCCc1ncc[nH]1. The fourth-order valence-corrected chi connectivity index (χ4v) is 2.38. The fourth-order valence-electron chi connectivity index (χ4n) is 2.38. The van der Waals surface area contributed by atoms with Gasteiger partial charge in [-0.25, -0.2) is 9.78 Å². The van der Waals surface area contributed by atoms with Crippen LogP contribution in [0.25, 0.3) is 0 Å². The van der Waals surface area contributed by atoms with Crippen LogP contribution in [0.3, 0.4) is 0 Å². The molecule has 1 aromatic rings. The molecule has 2 heterocycles. The number of carboxylic acid groups (broad SMARTS) is 1. The Morgan fingerprint density at radius 2 is 2.42 bits per heavy atom. The molecule has 0 aromatic carbocycles. The summed E-state index contributed by atoms with van der Waals surface area (Å²) in [5.74, 6) is -0.479. The highest BCUT2D eigenvalue weighted by Gasteiger charge is 2.37. The van der Waals surface area contributed by atoms with Gasteiger partial charge in [0.2, 0.25) is 0 Å². The summed E-state index contributed by atoms with van der Waals surface area (Å²) < 4.78 is 0. The molecule has 0 radical (unpaired) electrons. The number of rotatable bonds is 4. The molecule has 1 aromatic heterocycles. The molecule has 1 aliphatic heterocycles. The number of aromatic amines is 1. The van der Waals surface area contributed by atoms with E-state index in [0.29, 0.717) is 25.9 Å². The molecule has 2 unspecified atom stereocenters. The number of aliphatic carboxylic acids is 1. The fraction of sp³-hybridized carbons (Fsp3) is 0.583. The van der Waals surface area contributed by atoms with Crippen LogP contribution in [-0.4, -0.2) is 51.1 Å². The van der Waals surface area contributed by atoms with Gasteiger partial charge in [0.05, 0.1) is 5.92 Å². The first-order valence-corrected chi connectivity index (χ1v) is 6.35. The molecular formula is C12H18N4O3. The summed E-state index contributed by atoms with van der Waals surface area (Å²) >= 11 is 0. The van der Waals surface area contributed by atoms with Gasteiger partial charge in [0.25, 0.3) is 0 Å². The number of carboxylic acids is 1. The molecule has 0 spiro atoms. The molecule has 7 nitrogen and oxygen atoms in total. The van der Waals surface area contributed by atoms with Gasteiger partial charge in [0.1, 0.15) is 5.82 Å². The summed E-state index contributed by atoms with van der Waals surface area (Å²) in [6.45, 7) is 2.75. The maximum absolute atomic E-state index is 11.9. The van der Waals surface area contributed by atoms with Gasteiger partial charge in [0.15, 0.2) is 0 Å². The number of hydrogen-bond donors (Lipinski definition) is 3. The molecular weight excluding hydrogens is 248 g/mol. The molecule has 104 valence electrons. The Morgan fingerprint density at radius 1 is 1.63 bits per heavy atom. The predicted molar refractivity (Wildman–Crippen MR) is 67.6 cm³/mol. The average Bonchev–Trinajstić information content (AvgIpc) is 2.98. The Kier molecular flexibility index (Phi) is 4.03. The van der Waals surface area contributed by atoms with Crippen LogP contribution in [0.1, 0.15) is 19.2 Å². The molecule has 0 bridgehead atoms. The number of hydrogen-bond acceptors (Lipinski definition) is 3. The van der Waals surface area contributed by atoms with Gasteiger partial charge in [-0.3, -0.25) is 4.79 Å². The first kappa shape index (κ1) is 13.4. The van der Waals surface area contributed by atoms with Gasteiger partial charge in [-0.2, -0.15) is 0 Å². The van der Waals surface area contributed by atoms with Crippen molar-refractivity contribution >= 4 is 12.0 Å². The van der Waals surface area contributed by atoms with Crippen molar-refractivity contribution in [2.75, 3.05) is 13.1 Å². The molecule has 7 heteroatoms. The number of imidazole rings is 1. The van der Waals surface area contributed by atoms with Crippen molar-refractivity contribution in [2.24, 2.45) is 5.92 Å². The van der Waals surface area contributed by atoms with Crippen molar-refractivity contribution in [1.82, 2.24) is 20.2 Å². The zero-order valence-electron chi connectivity index (χ0n) is 10.8. The minimum atomic E-state index is -0.835. The summed E-state index contributed by atoms with van der Waals surface area (Å²) in [7, 11) is 0. The van der Waals surface area contributed by atoms with Gasteiger partial charge < -0.3 is 20.3 Å².